The Balaban J connectivity index is 2.10. The van der Waals surface area contributed by atoms with Gasteiger partial charge in [0.15, 0.2) is 0 Å². The zero-order chi connectivity index (χ0) is 13.6. The Kier molecular flexibility index (Phi) is 5.87. The van der Waals surface area contributed by atoms with Gasteiger partial charge in [-0.25, -0.2) is 0 Å². The van der Waals surface area contributed by atoms with Crippen molar-refractivity contribution in [3.05, 3.63) is 0 Å². The summed E-state index contributed by atoms with van der Waals surface area (Å²) in [6.07, 6.45) is -2.67. The Bertz CT molecular complexity index is 263. The average Bonchev–Trinajstić information content (AvgIpc) is 2.24. The van der Waals surface area contributed by atoms with Crippen molar-refractivity contribution >= 4 is 5.91 Å². The van der Waals surface area contributed by atoms with Crippen molar-refractivity contribution in [1.29, 1.82) is 0 Å². The number of carbonyl (C=O) groups is 1. The molecule has 0 spiro atoms. The number of amides is 1. The lowest BCUT2D eigenvalue weighted by atomic mass is 10.1. The molecule has 7 heteroatoms. The fourth-order valence-electron chi connectivity index (χ4n) is 2.06. The van der Waals surface area contributed by atoms with Crippen LogP contribution in [0, 0.1) is 0 Å². The van der Waals surface area contributed by atoms with Crippen LogP contribution in [0.25, 0.3) is 0 Å². The molecule has 0 unspecified atom stereocenters. The fourth-order valence-corrected chi connectivity index (χ4v) is 2.06. The SMILES string of the molecule is CC(=O)NCCNC1CCN(CC(F)(F)F)CC1. The first kappa shape index (κ1) is 15.2. The molecule has 0 saturated carbocycles. The standard InChI is InChI=1S/C11H20F3N3O/c1-9(18)15-4-5-16-10-2-6-17(7-3-10)8-11(12,13)14/h10,16H,2-8H2,1H3,(H,15,18). The maximum absolute atomic E-state index is 12.2. The van der Waals surface area contributed by atoms with Crippen molar-refractivity contribution in [3.8, 4) is 0 Å². The van der Waals surface area contributed by atoms with Crippen LogP contribution >= 0.6 is 0 Å². The van der Waals surface area contributed by atoms with Gasteiger partial charge in [-0.15, -0.1) is 0 Å². The van der Waals surface area contributed by atoms with Gasteiger partial charge in [-0.2, -0.15) is 13.2 Å². The lowest BCUT2D eigenvalue weighted by Crippen LogP contribution is -2.46. The van der Waals surface area contributed by atoms with Crippen LogP contribution in [0.3, 0.4) is 0 Å². The van der Waals surface area contributed by atoms with E-state index in [0.29, 0.717) is 26.2 Å². The van der Waals surface area contributed by atoms with Crippen molar-refractivity contribution in [2.24, 2.45) is 0 Å². The van der Waals surface area contributed by atoms with Gasteiger partial charge in [-0.1, -0.05) is 0 Å². The van der Waals surface area contributed by atoms with Crippen LogP contribution in [0.4, 0.5) is 13.2 Å². The third kappa shape index (κ3) is 6.80. The van der Waals surface area contributed by atoms with Crippen LogP contribution in [-0.4, -0.2) is 55.7 Å². The van der Waals surface area contributed by atoms with Gasteiger partial charge >= 0.3 is 6.18 Å². The summed E-state index contributed by atoms with van der Waals surface area (Å²) in [7, 11) is 0. The summed E-state index contributed by atoms with van der Waals surface area (Å²) in [6.45, 7) is 2.79. The van der Waals surface area contributed by atoms with Crippen LogP contribution < -0.4 is 10.6 Å². The summed E-state index contributed by atoms with van der Waals surface area (Å²) in [5, 5.41) is 5.90. The van der Waals surface area contributed by atoms with E-state index in [9.17, 15) is 18.0 Å². The van der Waals surface area contributed by atoms with Gasteiger partial charge in [-0.3, -0.25) is 9.69 Å². The molecule has 1 aliphatic rings. The van der Waals surface area contributed by atoms with E-state index < -0.39 is 12.7 Å². The first-order chi connectivity index (χ1) is 8.37. The number of carbonyl (C=O) groups excluding carboxylic acids is 1. The van der Waals surface area contributed by atoms with E-state index in [4.69, 9.17) is 0 Å². The second kappa shape index (κ2) is 6.94. The molecule has 1 amide bonds. The number of alkyl halides is 3. The molecule has 0 aromatic heterocycles. The van der Waals surface area contributed by atoms with Gasteiger partial charge in [0.05, 0.1) is 6.54 Å². The van der Waals surface area contributed by atoms with Gasteiger partial charge in [0.1, 0.15) is 0 Å². The van der Waals surface area contributed by atoms with Crippen molar-refractivity contribution in [2.75, 3.05) is 32.7 Å². The molecule has 0 atom stereocenters. The van der Waals surface area contributed by atoms with E-state index in [1.165, 1.54) is 11.8 Å². The van der Waals surface area contributed by atoms with Crippen LogP contribution in [-0.2, 0) is 4.79 Å². The van der Waals surface area contributed by atoms with E-state index in [1.807, 2.05) is 0 Å². The Morgan fingerprint density at radius 2 is 1.89 bits per heavy atom. The summed E-state index contributed by atoms with van der Waals surface area (Å²) in [5.41, 5.74) is 0. The molecule has 0 aromatic carbocycles. The normalized spacial score (nSPS) is 18.9. The highest BCUT2D eigenvalue weighted by molar-refractivity contribution is 5.72. The number of halogens is 3. The number of rotatable bonds is 5. The number of hydrogen-bond acceptors (Lipinski definition) is 3. The lowest BCUT2D eigenvalue weighted by molar-refractivity contribution is -0.148. The van der Waals surface area contributed by atoms with Crippen LogP contribution in [0.15, 0.2) is 0 Å². The lowest BCUT2D eigenvalue weighted by Gasteiger charge is -2.32. The maximum Gasteiger partial charge on any atom is 0.401 e. The van der Waals surface area contributed by atoms with Gasteiger partial charge < -0.3 is 10.6 Å². The Morgan fingerprint density at radius 1 is 1.28 bits per heavy atom. The highest BCUT2D eigenvalue weighted by Crippen LogP contribution is 2.19. The number of nitrogens with zero attached hydrogens (tertiary/aromatic N) is 1. The van der Waals surface area contributed by atoms with Gasteiger partial charge in [0.2, 0.25) is 5.91 Å². The first-order valence-corrected chi connectivity index (χ1v) is 6.14. The Morgan fingerprint density at radius 3 is 2.39 bits per heavy atom. The summed E-state index contributed by atoms with van der Waals surface area (Å²) < 4.78 is 36.5. The van der Waals surface area contributed by atoms with Gasteiger partial charge in [0, 0.05) is 26.1 Å². The predicted molar refractivity (Wildman–Crippen MR) is 62.2 cm³/mol. The van der Waals surface area contributed by atoms with E-state index in [-0.39, 0.29) is 11.9 Å². The van der Waals surface area contributed by atoms with Crippen molar-refractivity contribution in [3.63, 3.8) is 0 Å². The van der Waals surface area contributed by atoms with Gasteiger partial charge in [0.25, 0.3) is 0 Å². The van der Waals surface area contributed by atoms with Gasteiger partial charge in [-0.05, 0) is 25.9 Å². The van der Waals surface area contributed by atoms with Crippen LogP contribution in [0.1, 0.15) is 19.8 Å². The van der Waals surface area contributed by atoms with Crippen molar-refractivity contribution in [1.82, 2.24) is 15.5 Å². The molecule has 1 rings (SSSR count). The topological polar surface area (TPSA) is 44.4 Å². The Hall–Kier alpha value is -0.820. The molecular formula is C11H20F3N3O. The minimum absolute atomic E-state index is 0.0724. The quantitative estimate of drug-likeness (QED) is 0.722. The zero-order valence-corrected chi connectivity index (χ0v) is 10.5. The molecule has 1 heterocycles. The molecule has 2 N–H and O–H groups in total. The fraction of sp³-hybridized carbons (Fsp3) is 0.909. The molecule has 0 aliphatic carbocycles. The second-order valence-electron chi connectivity index (χ2n) is 4.60. The molecule has 1 aliphatic heterocycles. The number of hydrogen-bond donors (Lipinski definition) is 2. The highest BCUT2D eigenvalue weighted by Gasteiger charge is 2.32. The third-order valence-electron chi connectivity index (χ3n) is 2.92. The third-order valence-corrected chi connectivity index (χ3v) is 2.92. The second-order valence-corrected chi connectivity index (χ2v) is 4.60. The minimum Gasteiger partial charge on any atom is -0.355 e. The smallest absolute Gasteiger partial charge is 0.355 e. The van der Waals surface area contributed by atoms with E-state index in [1.54, 1.807) is 0 Å². The molecule has 0 aromatic rings. The number of likely N-dealkylation sites (tertiary alicyclic amines) is 1. The van der Waals surface area contributed by atoms with Crippen LogP contribution in [0.2, 0.25) is 0 Å². The molecule has 18 heavy (non-hydrogen) atoms. The van der Waals surface area contributed by atoms with E-state index in [2.05, 4.69) is 10.6 Å². The maximum atomic E-state index is 12.2. The molecular weight excluding hydrogens is 247 g/mol. The summed E-state index contributed by atoms with van der Waals surface area (Å²) in [5.74, 6) is -0.0724. The van der Waals surface area contributed by atoms with E-state index >= 15 is 0 Å². The van der Waals surface area contributed by atoms with Crippen LogP contribution in [0.5, 0.6) is 0 Å². The molecule has 106 valence electrons. The summed E-state index contributed by atoms with van der Waals surface area (Å²) in [4.78, 5) is 12.1. The molecule has 1 fully saturated rings. The molecule has 0 bridgehead atoms. The minimum atomic E-state index is -4.11. The average molecular weight is 267 g/mol. The summed E-state index contributed by atoms with van der Waals surface area (Å²) in [6, 6.07) is 0.253. The largest absolute Gasteiger partial charge is 0.401 e. The number of piperidine rings is 1. The van der Waals surface area contributed by atoms with E-state index in [0.717, 1.165) is 12.8 Å². The van der Waals surface area contributed by atoms with Crippen molar-refractivity contribution in [2.45, 2.75) is 32.0 Å². The predicted octanol–water partition coefficient (Wildman–Crippen LogP) is 0.739. The summed E-state index contributed by atoms with van der Waals surface area (Å²) >= 11 is 0. The zero-order valence-electron chi connectivity index (χ0n) is 10.5. The van der Waals surface area contributed by atoms with Crippen molar-refractivity contribution < 1.29 is 18.0 Å². The molecule has 4 nitrogen and oxygen atoms in total. The highest BCUT2D eigenvalue weighted by atomic mass is 19.4. The Labute approximate surface area is 105 Å². The monoisotopic (exact) mass is 267 g/mol. The first-order valence-electron chi connectivity index (χ1n) is 6.14. The molecule has 1 saturated heterocycles. The molecule has 0 radical (unpaired) electrons. The number of nitrogens with one attached hydrogen (secondary N) is 2.